The zero-order valence-corrected chi connectivity index (χ0v) is 11.6. The maximum Gasteiger partial charge on any atom is 0.237 e. The van der Waals surface area contributed by atoms with Crippen LogP contribution in [0.1, 0.15) is 24.8 Å². The average molecular weight is 315 g/mol. The van der Waals surface area contributed by atoms with E-state index in [1.807, 2.05) is 0 Å². The van der Waals surface area contributed by atoms with Crippen molar-refractivity contribution in [1.29, 1.82) is 0 Å². The fraction of sp³-hybridized carbons (Fsp3) is 0.462. The Balaban J connectivity index is 1.90. The molecule has 1 aromatic rings. The Hall–Kier alpha value is -0.940. The molecule has 0 unspecified atom stereocenters. The fourth-order valence-corrected chi connectivity index (χ4v) is 2.45. The first kappa shape index (κ1) is 13.5. The highest BCUT2D eigenvalue weighted by molar-refractivity contribution is 9.10. The van der Waals surface area contributed by atoms with Gasteiger partial charge in [0.15, 0.2) is 0 Å². The molecule has 98 valence electrons. The second kappa shape index (κ2) is 6.29. The lowest BCUT2D eigenvalue weighted by atomic mass is 10.0. The maximum atomic E-state index is 13.1. The summed E-state index contributed by atoms with van der Waals surface area (Å²) in [7, 11) is 0. The number of amides is 1. The molecule has 0 aliphatic carbocycles. The number of benzene rings is 1. The quantitative estimate of drug-likeness (QED) is 0.899. The Kier molecular flexibility index (Phi) is 4.72. The van der Waals surface area contributed by atoms with Crippen LogP contribution in [0.4, 0.5) is 4.39 Å². The van der Waals surface area contributed by atoms with Crippen molar-refractivity contribution in [3.05, 3.63) is 34.1 Å². The Morgan fingerprint density at radius 3 is 3.06 bits per heavy atom. The molecule has 0 radical (unpaired) electrons. The maximum absolute atomic E-state index is 13.1. The lowest BCUT2D eigenvalue weighted by molar-refractivity contribution is -0.123. The molecule has 0 spiro atoms. The predicted octanol–water partition coefficient (Wildman–Crippen LogP) is 2.35. The average Bonchev–Trinajstić information content (AvgIpc) is 2.40. The van der Waals surface area contributed by atoms with E-state index in [4.69, 9.17) is 0 Å². The monoisotopic (exact) mass is 314 g/mol. The van der Waals surface area contributed by atoms with E-state index in [0.29, 0.717) is 6.54 Å². The van der Waals surface area contributed by atoms with E-state index in [1.54, 1.807) is 6.07 Å². The zero-order chi connectivity index (χ0) is 13.0. The highest BCUT2D eigenvalue weighted by Gasteiger charge is 2.20. The van der Waals surface area contributed by atoms with Crippen LogP contribution in [0.15, 0.2) is 22.7 Å². The summed E-state index contributed by atoms with van der Waals surface area (Å²) in [5, 5.41) is 6.02. The molecule has 1 saturated heterocycles. The molecule has 0 bridgehead atoms. The molecule has 5 heteroatoms. The van der Waals surface area contributed by atoms with Gasteiger partial charge < -0.3 is 10.6 Å². The van der Waals surface area contributed by atoms with Crippen LogP contribution in [0.25, 0.3) is 0 Å². The van der Waals surface area contributed by atoms with Crippen LogP contribution in [0.5, 0.6) is 0 Å². The number of carbonyl (C=O) groups excluding carboxylic acids is 1. The van der Waals surface area contributed by atoms with Gasteiger partial charge in [0.2, 0.25) is 5.91 Å². The van der Waals surface area contributed by atoms with Crippen molar-refractivity contribution in [1.82, 2.24) is 10.6 Å². The normalized spacial score (nSPS) is 19.6. The van der Waals surface area contributed by atoms with Gasteiger partial charge in [0, 0.05) is 11.0 Å². The van der Waals surface area contributed by atoms with Crippen molar-refractivity contribution in [3.8, 4) is 0 Å². The molecular weight excluding hydrogens is 299 g/mol. The van der Waals surface area contributed by atoms with E-state index in [2.05, 4.69) is 26.6 Å². The molecule has 1 heterocycles. The lowest BCUT2D eigenvalue weighted by Crippen LogP contribution is -2.46. The van der Waals surface area contributed by atoms with Gasteiger partial charge in [-0.05, 0) is 43.1 Å². The van der Waals surface area contributed by atoms with E-state index in [-0.39, 0.29) is 17.8 Å². The largest absolute Gasteiger partial charge is 0.351 e. The number of hydrogen-bond acceptors (Lipinski definition) is 2. The first-order valence-corrected chi connectivity index (χ1v) is 6.91. The van der Waals surface area contributed by atoms with Crippen LogP contribution in [0.2, 0.25) is 0 Å². The molecule has 0 aromatic heterocycles. The summed E-state index contributed by atoms with van der Waals surface area (Å²) in [6.07, 6.45) is 3.07. The van der Waals surface area contributed by atoms with Crippen molar-refractivity contribution < 1.29 is 9.18 Å². The van der Waals surface area contributed by atoms with Crippen molar-refractivity contribution in [2.24, 2.45) is 0 Å². The van der Waals surface area contributed by atoms with Gasteiger partial charge in [-0.25, -0.2) is 4.39 Å². The van der Waals surface area contributed by atoms with Crippen molar-refractivity contribution in [2.75, 3.05) is 6.54 Å². The number of carbonyl (C=O) groups is 1. The van der Waals surface area contributed by atoms with Crippen LogP contribution in [0.3, 0.4) is 0 Å². The standard InChI is InChI=1S/C13H16BrFN2O/c14-11-5-4-10(15)7-9(11)8-17-13(18)12-3-1-2-6-16-12/h4-5,7,12,16H,1-3,6,8H2,(H,17,18)/t12-/m0/s1. The molecule has 1 aliphatic heterocycles. The summed E-state index contributed by atoms with van der Waals surface area (Å²) in [4.78, 5) is 11.9. The summed E-state index contributed by atoms with van der Waals surface area (Å²) in [6.45, 7) is 1.23. The van der Waals surface area contributed by atoms with Crippen LogP contribution in [-0.2, 0) is 11.3 Å². The van der Waals surface area contributed by atoms with E-state index in [9.17, 15) is 9.18 Å². The first-order valence-electron chi connectivity index (χ1n) is 6.12. The Labute approximate surface area is 114 Å². The van der Waals surface area contributed by atoms with Crippen molar-refractivity contribution in [2.45, 2.75) is 31.8 Å². The molecule has 2 N–H and O–H groups in total. The van der Waals surface area contributed by atoms with Gasteiger partial charge in [0.1, 0.15) is 5.82 Å². The van der Waals surface area contributed by atoms with Gasteiger partial charge in [-0.2, -0.15) is 0 Å². The number of rotatable bonds is 3. The first-order chi connectivity index (χ1) is 8.66. The van der Waals surface area contributed by atoms with Crippen LogP contribution in [0, 0.1) is 5.82 Å². The van der Waals surface area contributed by atoms with E-state index < -0.39 is 0 Å². The third kappa shape index (κ3) is 3.53. The third-order valence-electron chi connectivity index (χ3n) is 3.09. The molecule has 1 atom stereocenters. The minimum Gasteiger partial charge on any atom is -0.351 e. The summed E-state index contributed by atoms with van der Waals surface area (Å²) in [5.74, 6) is -0.302. The fourth-order valence-electron chi connectivity index (χ4n) is 2.06. The molecular formula is C13H16BrFN2O. The molecule has 1 aliphatic rings. The van der Waals surface area contributed by atoms with Gasteiger partial charge in [-0.3, -0.25) is 4.79 Å². The smallest absolute Gasteiger partial charge is 0.237 e. The summed E-state index contributed by atoms with van der Waals surface area (Å²) >= 11 is 3.34. The summed E-state index contributed by atoms with van der Waals surface area (Å²) < 4.78 is 13.9. The Morgan fingerprint density at radius 2 is 2.33 bits per heavy atom. The SMILES string of the molecule is O=C(NCc1cc(F)ccc1Br)[C@@H]1CCCCN1. The Bertz CT molecular complexity index is 433. The number of nitrogens with one attached hydrogen (secondary N) is 2. The van der Waals surface area contributed by atoms with Gasteiger partial charge >= 0.3 is 0 Å². The highest BCUT2D eigenvalue weighted by Crippen LogP contribution is 2.17. The third-order valence-corrected chi connectivity index (χ3v) is 3.86. The van der Waals surface area contributed by atoms with Gasteiger partial charge in [0.25, 0.3) is 0 Å². The molecule has 3 nitrogen and oxygen atoms in total. The van der Waals surface area contributed by atoms with Crippen molar-refractivity contribution >= 4 is 21.8 Å². The molecule has 0 saturated carbocycles. The zero-order valence-electron chi connectivity index (χ0n) is 10.0. The molecule has 18 heavy (non-hydrogen) atoms. The minimum absolute atomic E-state index is 0.00846. The van der Waals surface area contributed by atoms with Crippen LogP contribution in [-0.4, -0.2) is 18.5 Å². The van der Waals surface area contributed by atoms with Gasteiger partial charge in [0.05, 0.1) is 6.04 Å². The molecule has 1 amide bonds. The van der Waals surface area contributed by atoms with Crippen LogP contribution < -0.4 is 10.6 Å². The molecule has 2 rings (SSSR count). The molecule has 1 fully saturated rings. The van der Waals surface area contributed by atoms with E-state index in [1.165, 1.54) is 12.1 Å². The topological polar surface area (TPSA) is 41.1 Å². The second-order valence-corrected chi connectivity index (χ2v) is 5.31. The van der Waals surface area contributed by atoms with Gasteiger partial charge in [-0.15, -0.1) is 0 Å². The highest BCUT2D eigenvalue weighted by atomic mass is 79.9. The number of piperidine rings is 1. The van der Waals surface area contributed by atoms with E-state index in [0.717, 1.165) is 35.8 Å². The Morgan fingerprint density at radius 1 is 1.50 bits per heavy atom. The van der Waals surface area contributed by atoms with Crippen molar-refractivity contribution in [3.63, 3.8) is 0 Å². The van der Waals surface area contributed by atoms with Gasteiger partial charge in [-0.1, -0.05) is 22.4 Å². The molecule has 1 aromatic carbocycles. The predicted molar refractivity (Wildman–Crippen MR) is 71.6 cm³/mol. The minimum atomic E-state index is -0.293. The number of halogens is 2. The summed E-state index contributed by atoms with van der Waals surface area (Å²) in [5.41, 5.74) is 0.749. The van der Waals surface area contributed by atoms with Crippen LogP contribution >= 0.6 is 15.9 Å². The van der Waals surface area contributed by atoms with E-state index >= 15 is 0 Å². The lowest BCUT2D eigenvalue weighted by Gasteiger charge is -2.22. The summed E-state index contributed by atoms with van der Waals surface area (Å²) in [6, 6.07) is 4.36. The number of hydrogen-bond donors (Lipinski definition) is 2. The second-order valence-electron chi connectivity index (χ2n) is 4.46.